The van der Waals surface area contributed by atoms with Crippen molar-refractivity contribution in [3.8, 4) is 0 Å². The van der Waals surface area contributed by atoms with E-state index in [-0.39, 0.29) is 18.5 Å². The Morgan fingerprint density at radius 3 is 2.56 bits per heavy atom. The lowest BCUT2D eigenvalue weighted by Gasteiger charge is -2.26. The monoisotopic (exact) mass is 257 g/mol. The molecule has 0 radical (unpaired) electrons. The molecule has 1 unspecified atom stereocenters. The van der Waals surface area contributed by atoms with Gasteiger partial charge in [-0.05, 0) is 32.9 Å². The number of likely N-dealkylation sites (tertiary alicyclic amines) is 1. The second-order valence-corrected chi connectivity index (χ2v) is 4.80. The lowest BCUT2D eigenvalue weighted by molar-refractivity contribution is -0.137. The van der Waals surface area contributed by atoms with E-state index in [1.54, 1.807) is 6.92 Å². The maximum Gasteiger partial charge on any atom is 0.315 e. The molecule has 0 spiro atoms. The number of amides is 2. The Labute approximate surface area is 108 Å². The van der Waals surface area contributed by atoms with Gasteiger partial charge in [0, 0.05) is 19.1 Å². The zero-order valence-corrected chi connectivity index (χ0v) is 10.9. The Bertz CT molecular complexity index is 278. The molecule has 1 saturated heterocycles. The van der Waals surface area contributed by atoms with Crippen molar-refractivity contribution in [2.45, 2.75) is 38.6 Å². The maximum absolute atomic E-state index is 11.4. The topological polar surface area (TPSA) is 81.7 Å². The number of nitrogens with one attached hydrogen (secondary N) is 2. The third-order valence-electron chi connectivity index (χ3n) is 3.02. The van der Waals surface area contributed by atoms with Crippen molar-refractivity contribution in [3.05, 3.63) is 0 Å². The first kappa shape index (κ1) is 14.8. The van der Waals surface area contributed by atoms with Gasteiger partial charge in [-0.3, -0.25) is 4.79 Å². The molecule has 6 nitrogen and oxygen atoms in total. The van der Waals surface area contributed by atoms with Crippen LogP contribution in [-0.4, -0.2) is 54.2 Å². The summed E-state index contributed by atoms with van der Waals surface area (Å²) >= 11 is 0. The average molecular weight is 257 g/mol. The van der Waals surface area contributed by atoms with Crippen LogP contribution in [0.2, 0.25) is 0 Å². The zero-order valence-electron chi connectivity index (χ0n) is 10.9. The van der Waals surface area contributed by atoms with Gasteiger partial charge >= 0.3 is 12.0 Å². The van der Waals surface area contributed by atoms with Gasteiger partial charge in [0.05, 0.1) is 6.42 Å². The number of carbonyl (C=O) groups excluding carboxylic acids is 1. The molecule has 0 bridgehead atoms. The largest absolute Gasteiger partial charge is 0.481 e. The summed E-state index contributed by atoms with van der Waals surface area (Å²) < 4.78 is 0. The van der Waals surface area contributed by atoms with E-state index in [4.69, 9.17) is 5.11 Å². The summed E-state index contributed by atoms with van der Waals surface area (Å²) in [6.07, 6.45) is 3.72. The Kier molecular flexibility index (Phi) is 6.49. The van der Waals surface area contributed by atoms with E-state index in [0.717, 1.165) is 19.6 Å². The van der Waals surface area contributed by atoms with Gasteiger partial charge in [-0.1, -0.05) is 6.42 Å². The second-order valence-electron chi connectivity index (χ2n) is 4.80. The maximum atomic E-state index is 11.4. The number of hydrogen-bond donors (Lipinski definition) is 3. The van der Waals surface area contributed by atoms with E-state index in [2.05, 4.69) is 15.5 Å². The molecule has 1 atom stereocenters. The van der Waals surface area contributed by atoms with Crippen molar-refractivity contribution in [3.63, 3.8) is 0 Å². The van der Waals surface area contributed by atoms with Gasteiger partial charge in [-0.25, -0.2) is 4.79 Å². The van der Waals surface area contributed by atoms with E-state index in [1.807, 2.05) is 0 Å². The summed E-state index contributed by atoms with van der Waals surface area (Å²) in [5.74, 6) is -0.906. The SMILES string of the molecule is CC(CC(=O)O)NC(=O)NCCN1CCCCC1. The Morgan fingerprint density at radius 1 is 1.28 bits per heavy atom. The highest BCUT2D eigenvalue weighted by atomic mass is 16.4. The minimum absolute atomic E-state index is 0.0560. The lowest BCUT2D eigenvalue weighted by Crippen LogP contribution is -2.44. The van der Waals surface area contributed by atoms with Crippen LogP contribution < -0.4 is 10.6 Å². The first-order valence-electron chi connectivity index (χ1n) is 6.56. The number of piperidine rings is 1. The fraction of sp³-hybridized carbons (Fsp3) is 0.833. The number of urea groups is 1. The van der Waals surface area contributed by atoms with Crippen LogP contribution in [0.3, 0.4) is 0 Å². The smallest absolute Gasteiger partial charge is 0.315 e. The molecule has 0 aromatic rings. The number of nitrogens with zero attached hydrogens (tertiary/aromatic N) is 1. The Balaban J connectivity index is 2.07. The van der Waals surface area contributed by atoms with Gasteiger partial charge in [0.15, 0.2) is 0 Å². The van der Waals surface area contributed by atoms with Crippen LogP contribution in [0.15, 0.2) is 0 Å². The molecule has 1 rings (SSSR count). The molecule has 6 heteroatoms. The molecular weight excluding hydrogens is 234 g/mol. The standard InChI is InChI=1S/C12H23N3O3/c1-10(9-11(16)17)14-12(18)13-5-8-15-6-3-2-4-7-15/h10H,2-9H2,1H3,(H,16,17)(H2,13,14,18). The van der Waals surface area contributed by atoms with Crippen molar-refractivity contribution in [1.29, 1.82) is 0 Å². The van der Waals surface area contributed by atoms with E-state index in [1.165, 1.54) is 19.3 Å². The summed E-state index contributed by atoms with van der Waals surface area (Å²) in [6, 6.07) is -0.641. The number of carbonyl (C=O) groups is 2. The molecule has 3 N–H and O–H groups in total. The van der Waals surface area contributed by atoms with Crippen molar-refractivity contribution < 1.29 is 14.7 Å². The number of carboxylic acids is 1. The molecule has 1 aliphatic rings. The highest BCUT2D eigenvalue weighted by Gasteiger charge is 2.12. The van der Waals surface area contributed by atoms with E-state index in [9.17, 15) is 9.59 Å². The molecule has 1 fully saturated rings. The molecule has 1 heterocycles. The first-order valence-corrected chi connectivity index (χ1v) is 6.56. The number of aliphatic carboxylic acids is 1. The fourth-order valence-electron chi connectivity index (χ4n) is 2.10. The summed E-state index contributed by atoms with van der Waals surface area (Å²) in [7, 11) is 0. The highest BCUT2D eigenvalue weighted by molar-refractivity contribution is 5.75. The predicted octanol–water partition coefficient (Wildman–Crippen LogP) is 0.635. The van der Waals surface area contributed by atoms with Crippen molar-refractivity contribution in [2.24, 2.45) is 0 Å². The van der Waals surface area contributed by atoms with Crippen LogP contribution in [-0.2, 0) is 4.79 Å². The van der Waals surface area contributed by atoms with E-state index >= 15 is 0 Å². The quantitative estimate of drug-likeness (QED) is 0.652. The lowest BCUT2D eigenvalue weighted by atomic mass is 10.1. The van der Waals surface area contributed by atoms with Gasteiger partial charge < -0.3 is 20.6 Å². The van der Waals surface area contributed by atoms with E-state index < -0.39 is 5.97 Å². The first-order chi connectivity index (χ1) is 8.58. The van der Waals surface area contributed by atoms with Crippen molar-refractivity contribution >= 4 is 12.0 Å². The molecule has 1 aliphatic heterocycles. The van der Waals surface area contributed by atoms with Crippen LogP contribution in [0, 0.1) is 0 Å². The molecule has 2 amide bonds. The third-order valence-corrected chi connectivity index (χ3v) is 3.02. The molecule has 0 aromatic carbocycles. The summed E-state index contributed by atoms with van der Waals surface area (Å²) in [4.78, 5) is 24.2. The highest BCUT2D eigenvalue weighted by Crippen LogP contribution is 2.07. The van der Waals surface area contributed by atoms with Crippen LogP contribution in [0.1, 0.15) is 32.6 Å². The third kappa shape index (κ3) is 6.44. The summed E-state index contributed by atoms with van der Waals surface area (Å²) in [5.41, 5.74) is 0. The zero-order chi connectivity index (χ0) is 13.4. The van der Waals surface area contributed by atoms with Crippen molar-refractivity contribution in [2.75, 3.05) is 26.2 Å². The van der Waals surface area contributed by atoms with Gasteiger partial charge in [-0.15, -0.1) is 0 Å². The van der Waals surface area contributed by atoms with Gasteiger partial charge in [0.2, 0.25) is 0 Å². The van der Waals surface area contributed by atoms with Crippen LogP contribution in [0.5, 0.6) is 0 Å². The van der Waals surface area contributed by atoms with Crippen LogP contribution in [0.4, 0.5) is 4.79 Å². The van der Waals surface area contributed by atoms with Gasteiger partial charge in [0.25, 0.3) is 0 Å². The molecule has 0 aliphatic carbocycles. The van der Waals surface area contributed by atoms with Crippen LogP contribution >= 0.6 is 0 Å². The number of hydrogen-bond acceptors (Lipinski definition) is 3. The van der Waals surface area contributed by atoms with Crippen molar-refractivity contribution in [1.82, 2.24) is 15.5 Å². The molecule has 0 saturated carbocycles. The fourth-order valence-corrected chi connectivity index (χ4v) is 2.10. The predicted molar refractivity (Wildman–Crippen MR) is 68.5 cm³/mol. The molecule has 0 aromatic heterocycles. The summed E-state index contributed by atoms with van der Waals surface area (Å²) in [5, 5.41) is 13.9. The number of rotatable bonds is 6. The molecule has 104 valence electrons. The van der Waals surface area contributed by atoms with Gasteiger partial charge in [0.1, 0.15) is 0 Å². The normalized spacial score (nSPS) is 18.1. The van der Waals surface area contributed by atoms with E-state index in [0.29, 0.717) is 6.54 Å². The van der Waals surface area contributed by atoms with Gasteiger partial charge in [-0.2, -0.15) is 0 Å². The Hall–Kier alpha value is -1.30. The average Bonchev–Trinajstić information content (AvgIpc) is 2.29. The number of carboxylic acid groups (broad SMARTS) is 1. The summed E-state index contributed by atoms with van der Waals surface area (Å²) in [6.45, 7) is 5.36. The minimum atomic E-state index is -0.906. The molecule has 18 heavy (non-hydrogen) atoms. The minimum Gasteiger partial charge on any atom is -0.481 e. The molecular formula is C12H23N3O3. The Morgan fingerprint density at radius 2 is 1.94 bits per heavy atom. The second kappa shape index (κ2) is 7.92. The van der Waals surface area contributed by atoms with Crippen LogP contribution in [0.25, 0.3) is 0 Å².